The molecule has 0 saturated heterocycles. The topological polar surface area (TPSA) is 28.5 Å². The summed E-state index contributed by atoms with van der Waals surface area (Å²) in [5.41, 5.74) is 0. The SMILES string of the molecule is [Al+3].[Li+].[O-2].[Y+3]. The van der Waals surface area contributed by atoms with E-state index in [1.54, 1.807) is 0 Å². The van der Waals surface area contributed by atoms with Gasteiger partial charge in [-0.1, -0.05) is 0 Å². The molecule has 0 unspecified atom stereocenters. The molecule has 0 aliphatic rings. The van der Waals surface area contributed by atoms with E-state index in [1.807, 2.05) is 0 Å². The van der Waals surface area contributed by atoms with Crippen molar-refractivity contribution < 1.29 is 57.0 Å². The molecule has 0 aromatic rings. The largest absolute Gasteiger partial charge is 3.00 e. The molecular formula is AlLiOY+5. The second-order valence-corrected chi connectivity index (χ2v) is 0. The molecule has 0 heterocycles. The van der Waals surface area contributed by atoms with Crippen LogP contribution in [-0.4, -0.2) is 17.4 Å². The zero-order valence-electron chi connectivity index (χ0n) is 2.56. The molecule has 0 spiro atoms. The van der Waals surface area contributed by atoms with Crippen molar-refractivity contribution in [3.63, 3.8) is 0 Å². The molecule has 8 valence electrons. The van der Waals surface area contributed by atoms with Gasteiger partial charge in [0.2, 0.25) is 0 Å². The van der Waals surface area contributed by atoms with Crippen LogP contribution in [0.25, 0.3) is 0 Å². The zero-order valence-corrected chi connectivity index (χ0v) is 6.56. The van der Waals surface area contributed by atoms with Gasteiger partial charge in [0.15, 0.2) is 0 Å². The Labute approximate surface area is 73.4 Å². The standard InChI is InChI=1S/Al.Li.O.Y/q+3;+1;-2;+3. The summed E-state index contributed by atoms with van der Waals surface area (Å²) >= 11 is 0. The van der Waals surface area contributed by atoms with Crippen LogP contribution < -0.4 is 18.9 Å². The summed E-state index contributed by atoms with van der Waals surface area (Å²) in [5.74, 6) is 0. The van der Waals surface area contributed by atoms with Crippen LogP contribution in [-0.2, 0) is 38.2 Å². The van der Waals surface area contributed by atoms with Gasteiger partial charge in [-0.2, -0.15) is 0 Å². The summed E-state index contributed by atoms with van der Waals surface area (Å²) in [4.78, 5) is 0. The van der Waals surface area contributed by atoms with Gasteiger partial charge < -0.3 is 5.48 Å². The molecule has 0 aliphatic carbocycles. The maximum Gasteiger partial charge on any atom is 3.00 e. The van der Waals surface area contributed by atoms with E-state index in [9.17, 15) is 0 Å². The van der Waals surface area contributed by atoms with Gasteiger partial charge in [0.1, 0.15) is 0 Å². The summed E-state index contributed by atoms with van der Waals surface area (Å²) in [5, 5.41) is 0. The third kappa shape index (κ3) is 8.89. The third-order valence-corrected chi connectivity index (χ3v) is 0. The van der Waals surface area contributed by atoms with Crippen molar-refractivity contribution in [3.8, 4) is 0 Å². The first-order chi connectivity index (χ1) is 0. The fourth-order valence-electron chi connectivity index (χ4n) is 0. The van der Waals surface area contributed by atoms with Crippen molar-refractivity contribution in [2.45, 2.75) is 0 Å². The van der Waals surface area contributed by atoms with Gasteiger partial charge in [0.25, 0.3) is 0 Å². The van der Waals surface area contributed by atoms with E-state index in [1.165, 1.54) is 0 Å². The molecule has 0 aromatic heterocycles. The van der Waals surface area contributed by atoms with Gasteiger partial charge in [-0.25, -0.2) is 0 Å². The van der Waals surface area contributed by atoms with Crippen LogP contribution in [0.2, 0.25) is 0 Å². The Morgan fingerprint density at radius 2 is 1.00 bits per heavy atom. The van der Waals surface area contributed by atoms with Crippen molar-refractivity contribution in [1.29, 1.82) is 0 Å². The van der Waals surface area contributed by atoms with E-state index in [-0.39, 0.29) is 74.4 Å². The predicted octanol–water partition coefficient (Wildman–Crippen LogP) is -3.50. The molecule has 0 atom stereocenters. The molecule has 4 heavy (non-hydrogen) atoms. The van der Waals surface area contributed by atoms with Crippen LogP contribution in [0, 0.1) is 0 Å². The van der Waals surface area contributed by atoms with E-state index in [2.05, 4.69) is 0 Å². The maximum atomic E-state index is 0. The smallest absolute Gasteiger partial charge is 2.00 e. The number of rotatable bonds is 0. The number of hydrogen-bond donors (Lipinski definition) is 0. The first kappa shape index (κ1) is 34.7. The Morgan fingerprint density at radius 3 is 1.00 bits per heavy atom. The monoisotopic (exact) mass is 139 g/mol. The molecule has 0 aliphatic heterocycles. The van der Waals surface area contributed by atoms with E-state index >= 15 is 0 Å². The zero-order chi connectivity index (χ0) is 0. The minimum atomic E-state index is 0. The summed E-state index contributed by atoms with van der Waals surface area (Å²) < 4.78 is 0. The van der Waals surface area contributed by atoms with Gasteiger partial charge in [-0.15, -0.1) is 0 Å². The van der Waals surface area contributed by atoms with Crippen LogP contribution in [0.4, 0.5) is 0 Å². The van der Waals surface area contributed by atoms with Crippen LogP contribution in [0.3, 0.4) is 0 Å². The minimum absolute atomic E-state index is 0. The fraction of sp³-hybridized carbons (Fsp3) is 0. The van der Waals surface area contributed by atoms with E-state index in [4.69, 9.17) is 0 Å². The first-order valence-corrected chi connectivity index (χ1v) is 0. The van der Waals surface area contributed by atoms with Crippen LogP contribution >= 0.6 is 0 Å². The molecule has 0 fully saturated rings. The van der Waals surface area contributed by atoms with Gasteiger partial charge in [-0.3, -0.25) is 0 Å². The average Bonchev–Trinajstić information content (AvgIpc) is 0. The summed E-state index contributed by atoms with van der Waals surface area (Å²) in [7, 11) is 0. The molecular weight excluding hydrogens is 139 g/mol. The van der Waals surface area contributed by atoms with Crippen molar-refractivity contribution in [2.75, 3.05) is 0 Å². The van der Waals surface area contributed by atoms with Gasteiger partial charge in [0, 0.05) is 0 Å². The van der Waals surface area contributed by atoms with Gasteiger partial charge in [-0.05, 0) is 0 Å². The Bertz CT molecular complexity index is 8.00. The molecule has 1 nitrogen and oxygen atoms in total. The van der Waals surface area contributed by atoms with Gasteiger partial charge >= 0.3 is 68.9 Å². The van der Waals surface area contributed by atoms with Crippen molar-refractivity contribution in [2.24, 2.45) is 0 Å². The van der Waals surface area contributed by atoms with Crippen LogP contribution in [0.1, 0.15) is 0 Å². The Morgan fingerprint density at radius 1 is 1.00 bits per heavy atom. The third-order valence-electron chi connectivity index (χ3n) is 0. The molecule has 0 amide bonds. The molecule has 0 radical (unpaired) electrons. The first-order valence-electron chi connectivity index (χ1n) is 0. The van der Waals surface area contributed by atoms with E-state index in [0.717, 1.165) is 0 Å². The predicted molar refractivity (Wildman–Crippen MR) is 6.44 cm³/mol. The second-order valence-electron chi connectivity index (χ2n) is 0. The molecule has 0 aromatic carbocycles. The Kier molecular flexibility index (Phi) is 165. The molecule has 0 bridgehead atoms. The van der Waals surface area contributed by atoms with Crippen molar-refractivity contribution >= 4 is 17.4 Å². The molecule has 0 rings (SSSR count). The van der Waals surface area contributed by atoms with Crippen LogP contribution in [0.5, 0.6) is 0 Å². The van der Waals surface area contributed by atoms with Crippen molar-refractivity contribution in [1.82, 2.24) is 0 Å². The van der Waals surface area contributed by atoms with E-state index in [0.29, 0.717) is 0 Å². The summed E-state index contributed by atoms with van der Waals surface area (Å²) in [6.07, 6.45) is 0. The Hall–Kier alpha value is 2.19. The van der Waals surface area contributed by atoms with Crippen molar-refractivity contribution in [3.05, 3.63) is 0 Å². The molecule has 0 N–H and O–H groups in total. The molecule has 0 saturated carbocycles. The van der Waals surface area contributed by atoms with E-state index < -0.39 is 0 Å². The van der Waals surface area contributed by atoms with Crippen LogP contribution in [0.15, 0.2) is 0 Å². The summed E-state index contributed by atoms with van der Waals surface area (Å²) in [6, 6.07) is 0. The fourth-order valence-corrected chi connectivity index (χ4v) is 0. The quantitative estimate of drug-likeness (QED) is 0.311. The Balaban J connectivity index is 0. The number of hydrogen-bond acceptors (Lipinski definition) is 0. The summed E-state index contributed by atoms with van der Waals surface area (Å²) in [6.45, 7) is 0. The minimum Gasteiger partial charge on any atom is -2.00 e. The average molecular weight is 139 g/mol. The second kappa shape index (κ2) is 19.0. The normalized spacial score (nSPS) is 0. The molecule has 4 heteroatoms. The van der Waals surface area contributed by atoms with Gasteiger partial charge in [0.05, 0.1) is 0 Å². The maximum absolute atomic E-state index is 0.